The number of amides is 4. The Morgan fingerprint density at radius 2 is 1.56 bits per heavy atom. The van der Waals surface area contributed by atoms with Gasteiger partial charge in [0.25, 0.3) is 15.9 Å². The predicted molar refractivity (Wildman–Crippen MR) is 122 cm³/mol. The maximum absolute atomic E-state index is 13.1. The lowest BCUT2D eigenvalue weighted by Crippen LogP contribution is -2.37. The summed E-state index contributed by atoms with van der Waals surface area (Å²) in [5.41, 5.74) is -0.0392. The van der Waals surface area contributed by atoms with Gasteiger partial charge >= 0.3 is 6.03 Å². The number of benzene rings is 1. The van der Waals surface area contributed by atoms with Gasteiger partial charge in [-0.15, -0.1) is 0 Å². The number of hydrogen-bond acceptors (Lipinski definition) is 9. The molecule has 2 aromatic rings. The lowest BCUT2D eigenvalue weighted by Gasteiger charge is -2.21. The number of urea groups is 1. The van der Waals surface area contributed by atoms with Crippen molar-refractivity contribution in [2.75, 3.05) is 37.9 Å². The van der Waals surface area contributed by atoms with Crippen LogP contribution in [0.3, 0.4) is 0 Å². The van der Waals surface area contributed by atoms with Crippen LogP contribution in [-0.2, 0) is 14.8 Å². The number of methoxy groups -OCH3 is 2. The standard InChI is InChI=1S/C20H26N6O7S/c1-6-26(7-2)18(28)14-9-8-13(21-12(3)27)10-15(14)34(30,31)25-20(29)24-19-22-16(32-4)11-17(23-19)33-5/h8-11H,6-7H2,1-5H3,(H,21,27)(H2,22,23,24,25,29). The molecule has 1 heterocycles. The van der Waals surface area contributed by atoms with Crippen LogP contribution in [0.25, 0.3) is 0 Å². The van der Waals surface area contributed by atoms with Gasteiger partial charge in [0.2, 0.25) is 23.6 Å². The summed E-state index contributed by atoms with van der Waals surface area (Å²) in [7, 11) is -1.89. The lowest BCUT2D eigenvalue weighted by molar-refractivity contribution is -0.114. The van der Waals surface area contributed by atoms with Crippen molar-refractivity contribution in [1.82, 2.24) is 19.6 Å². The predicted octanol–water partition coefficient (Wildman–Crippen LogP) is 1.44. The fourth-order valence-electron chi connectivity index (χ4n) is 2.86. The van der Waals surface area contributed by atoms with Gasteiger partial charge in [0.15, 0.2) is 0 Å². The van der Waals surface area contributed by atoms with Crippen LogP contribution in [0.1, 0.15) is 31.1 Å². The van der Waals surface area contributed by atoms with Crippen LogP contribution in [-0.4, -0.2) is 68.4 Å². The fourth-order valence-corrected chi connectivity index (χ4v) is 3.99. The summed E-state index contributed by atoms with van der Waals surface area (Å²) in [6.45, 7) is 5.42. The van der Waals surface area contributed by atoms with Crippen molar-refractivity contribution in [1.29, 1.82) is 0 Å². The smallest absolute Gasteiger partial charge is 0.335 e. The van der Waals surface area contributed by atoms with E-state index in [0.717, 1.165) is 6.07 Å². The first-order chi connectivity index (χ1) is 16.0. The monoisotopic (exact) mass is 494 g/mol. The summed E-state index contributed by atoms with van der Waals surface area (Å²) in [5.74, 6) is -1.14. The Bertz CT molecular complexity index is 1160. The zero-order valence-corrected chi connectivity index (χ0v) is 20.1. The van der Waals surface area contributed by atoms with Crippen LogP contribution < -0.4 is 24.8 Å². The second-order valence-corrected chi connectivity index (χ2v) is 8.36. The molecule has 0 spiro atoms. The zero-order valence-electron chi connectivity index (χ0n) is 19.3. The molecule has 0 saturated heterocycles. The minimum Gasteiger partial charge on any atom is -0.481 e. The van der Waals surface area contributed by atoms with Crippen LogP contribution in [0.4, 0.5) is 16.4 Å². The number of nitrogens with one attached hydrogen (secondary N) is 3. The van der Waals surface area contributed by atoms with Crippen LogP contribution in [0.15, 0.2) is 29.2 Å². The molecule has 0 fully saturated rings. The highest BCUT2D eigenvalue weighted by Gasteiger charge is 2.27. The van der Waals surface area contributed by atoms with Gasteiger partial charge in [0.1, 0.15) is 4.90 Å². The summed E-state index contributed by atoms with van der Waals surface area (Å²) in [5, 5.41) is 4.64. The van der Waals surface area contributed by atoms with E-state index in [2.05, 4.69) is 20.6 Å². The molecule has 0 aliphatic carbocycles. The summed E-state index contributed by atoms with van der Waals surface area (Å²) >= 11 is 0. The number of anilines is 2. The van der Waals surface area contributed by atoms with Gasteiger partial charge in [-0.3, -0.25) is 14.9 Å². The molecule has 0 unspecified atom stereocenters. The maximum atomic E-state index is 13.1. The molecule has 13 nitrogen and oxygen atoms in total. The molecule has 1 aromatic heterocycles. The highest BCUT2D eigenvalue weighted by atomic mass is 32.2. The lowest BCUT2D eigenvalue weighted by atomic mass is 10.1. The van der Waals surface area contributed by atoms with E-state index in [1.54, 1.807) is 13.8 Å². The first-order valence-electron chi connectivity index (χ1n) is 10.1. The highest BCUT2D eigenvalue weighted by Crippen LogP contribution is 2.23. The van der Waals surface area contributed by atoms with Gasteiger partial charge in [-0.1, -0.05) is 0 Å². The molecule has 0 saturated carbocycles. The minimum absolute atomic E-state index is 0.0696. The van der Waals surface area contributed by atoms with E-state index in [-0.39, 0.29) is 29.0 Å². The first kappa shape index (κ1) is 26.3. The van der Waals surface area contributed by atoms with Crippen molar-refractivity contribution in [3.8, 4) is 11.8 Å². The maximum Gasteiger partial charge on any atom is 0.335 e. The molecule has 4 amide bonds. The van der Waals surface area contributed by atoms with Crippen molar-refractivity contribution < 1.29 is 32.3 Å². The second kappa shape index (κ2) is 11.3. The van der Waals surface area contributed by atoms with Crippen molar-refractivity contribution in [2.24, 2.45) is 0 Å². The number of aromatic nitrogens is 2. The Hall–Kier alpha value is -3.94. The van der Waals surface area contributed by atoms with E-state index >= 15 is 0 Å². The summed E-state index contributed by atoms with van der Waals surface area (Å²) in [6, 6.07) is 3.93. The van der Waals surface area contributed by atoms with E-state index in [4.69, 9.17) is 9.47 Å². The Morgan fingerprint density at radius 1 is 0.971 bits per heavy atom. The van der Waals surface area contributed by atoms with Crippen LogP contribution in [0.5, 0.6) is 11.8 Å². The quantitative estimate of drug-likeness (QED) is 0.467. The van der Waals surface area contributed by atoms with Gasteiger partial charge in [-0.25, -0.2) is 17.9 Å². The van der Waals surface area contributed by atoms with Gasteiger partial charge in [0, 0.05) is 25.7 Å². The molecule has 0 aliphatic rings. The van der Waals surface area contributed by atoms with E-state index in [1.165, 1.54) is 44.2 Å². The van der Waals surface area contributed by atoms with Crippen molar-refractivity contribution in [2.45, 2.75) is 25.7 Å². The number of rotatable bonds is 9. The molecule has 184 valence electrons. The Labute approximate surface area is 196 Å². The van der Waals surface area contributed by atoms with Crippen LogP contribution in [0.2, 0.25) is 0 Å². The molecule has 2 rings (SSSR count). The largest absolute Gasteiger partial charge is 0.481 e. The number of hydrogen-bond donors (Lipinski definition) is 3. The molecular formula is C20H26N6O7S. The topological polar surface area (TPSA) is 169 Å². The third kappa shape index (κ3) is 6.54. The molecule has 0 bridgehead atoms. The number of carbonyl (C=O) groups excluding carboxylic acids is 3. The van der Waals surface area contributed by atoms with Crippen LogP contribution >= 0.6 is 0 Å². The Morgan fingerprint density at radius 3 is 2.06 bits per heavy atom. The van der Waals surface area contributed by atoms with Crippen molar-refractivity contribution in [3.63, 3.8) is 0 Å². The number of sulfonamides is 1. The van der Waals surface area contributed by atoms with Gasteiger partial charge in [-0.05, 0) is 32.0 Å². The third-order valence-corrected chi connectivity index (χ3v) is 5.79. The van der Waals surface area contributed by atoms with Gasteiger partial charge < -0.3 is 19.7 Å². The van der Waals surface area contributed by atoms with E-state index in [0.29, 0.717) is 13.1 Å². The third-order valence-electron chi connectivity index (χ3n) is 4.42. The summed E-state index contributed by atoms with van der Waals surface area (Å²) < 4.78 is 38.0. The number of carbonyl (C=O) groups is 3. The van der Waals surface area contributed by atoms with E-state index < -0.39 is 32.8 Å². The molecule has 14 heteroatoms. The minimum atomic E-state index is -4.57. The molecule has 0 atom stereocenters. The highest BCUT2D eigenvalue weighted by molar-refractivity contribution is 7.90. The SMILES string of the molecule is CCN(CC)C(=O)c1ccc(NC(C)=O)cc1S(=O)(=O)NC(=O)Nc1nc(OC)cc(OC)n1. The normalized spacial score (nSPS) is 10.7. The van der Waals surface area contributed by atoms with E-state index in [9.17, 15) is 22.8 Å². The molecule has 0 aliphatic heterocycles. The Balaban J connectivity index is 2.42. The fraction of sp³-hybridized carbons (Fsp3) is 0.350. The molecular weight excluding hydrogens is 468 g/mol. The van der Waals surface area contributed by atoms with Crippen molar-refractivity contribution >= 4 is 39.5 Å². The van der Waals surface area contributed by atoms with Crippen molar-refractivity contribution in [3.05, 3.63) is 29.8 Å². The average molecular weight is 495 g/mol. The number of ether oxygens (including phenoxy) is 2. The number of nitrogens with zero attached hydrogens (tertiary/aromatic N) is 3. The van der Waals surface area contributed by atoms with Gasteiger partial charge in [0.05, 0.1) is 25.8 Å². The molecule has 0 radical (unpaired) electrons. The first-order valence-corrected chi connectivity index (χ1v) is 11.5. The zero-order chi connectivity index (χ0) is 25.5. The summed E-state index contributed by atoms with van der Waals surface area (Å²) in [4.78, 5) is 45.5. The summed E-state index contributed by atoms with van der Waals surface area (Å²) in [6.07, 6.45) is 0. The molecule has 3 N–H and O–H groups in total. The van der Waals surface area contributed by atoms with Crippen LogP contribution in [0, 0.1) is 0 Å². The van der Waals surface area contributed by atoms with E-state index in [1.807, 2.05) is 4.72 Å². The molecule has 1 aromatic carbocycles. The average Bonchev–Trinajstić information content (AvgIpc) is 2.78. The van der Waals surface area contributed by atoms with Gasteiger partial charge in [-0.2, -0.15) is 9.97 Å². The second-order valence-electron chi connectivity index (χ2n) is 6.71. The Kier molecular flexibility index (Phi) is 8.72. The molecule has 34 heavy (non-hydrogen) atoms.